The zero-order valence-corrected chi connectivity index (χ0v) is 18.3. The Bertz CT molecular complexity index is 1020. The van der Waals surface area contributed by atoms with Gasteiger partial charge in [0, 0.05) is 23.7 Å². The van der Waals surface area contributed by atoms with Gasteiger partial charge < -0.3 is 14.6 Å². The largest absolute Gasteiger partial charge is 0.464 e. The summed E-state index contributed by atoms with van der Waals surface area (Å²) in [7, 11) is 0. The molecular weight excluding hydrogens is 390 g/mol. The highest BCUT2D eigenvalue weighted by Gasteiger charge is 2.29. The fourth-order valence-electron chi connectivity index (χ4n) is 3.98. The lowest BCUT2D eigenvalue weighted by Gasteiger charge is -2.34. The Morgan fingerprint density at radius 1 is 1.16 bits per heavy atom. The van der Waals surface area contributed by atoms with Crippen molar-refractivity contribution in [1.82, 2.24) is 15.5 Å². The summed E-state index contributed by atoms with van der Waals surface area (Å²) in [6.45, 7) is 7.81. The van der Waals surface area contributed by atoms with E-state index in [-0.39, 0.29) is 6.10 Å². The van der Waals surface area contributed by atoms with Crippen molar-refractivity contribution in [3.8, 4) is 22.8 Å². The van der Waals surface area contributed by atoms with Crippen LogP contribution in [-0.2, 0) is 22.5 Å². The van der Waals surface area contributed by atoms with E-state index in [0.717, 1.165) is 42.5 Å². The van der Waals surface area contributed by atoms with Crippen LogP contribution in [0.2, 0.25) is 0 Å². The summed E-state index contributed by atoms with van der Waals surface area (Å²) in [5, 5.41) is 7.71. The van der Waals surface area contributed by atoms with E-state index in [1.807, 2.05) is 18.2 Å². The molecule has 1 heterocycles. The summed E-state index contributed by atoms with van der Waals surface area (Å²) in [6, 6.07) is 15.0. The van der Waals surface area contributed by atoms with Gasteiger partial charge in [0.05, 0.1) is 0 Å². The standard InChI is InChI=1S/C25H29N3O3/c1-16(2)10-18-4-7-20(8-5-18)25-27-24(28-31-25)23-9-6-19(11-17(23)3)14-26-21-12-22(13-21)30-15-29/h4-9,11,15-16,21-22,26H,10,12-14H2,1-3H3. The van der Waals surface area contributed by atoms with Gasteiger partial charge in [-0.25, -0.2) is 0 Å². The summed E-state index contributed by atoms with van der Waals surface area (Å²) < 4.78 is 10.5. The Morgan fingerprint density at radius 2 is 1.90 bits per heavy atom. The van der Waals surface area contributed by atoms with Crippen molar-refractivity contribution in [3.63, 3.8) is 0 Å². The molecule has 0 aliphatic heterocycles. The van der Waals surface area contributed by atoms with Crippen LogP contribution in [0.4, 0.5) is 0 Å². The van der Waals surface area contributed by atoms with E-state index in [1.165, 1.54) is 11.1 Å². The Balaban J connectivity index is 1.39. The highest BCUT2D eigenvalue weighted by Crippen LogP contribution is 2.27. The van der Waals surface area contributed by atoms with Crippen LogP contribution in [0.5, 0.6) is 0 Å². The number of hydrogen-bond donors (Lipinski definition) is 1. The second-order valence-electron chi connectivity index (χ2n) is 8.77. The van der Waals surface area contributed by atoms with Crippen LogP contribution in [0, 0.1) is 12.8 Å². The van der Waals surface area contributed by atoms with Gasteiger partial charge in [-0.15, -0.1) is 0 Å². The van der Waals surface area contributed by atoms with Crippen molar-refractivity contribution in [3.05, 3.63) is 59.2 Å². The van der Waals surface area contributed by atoms with E-state index in [4.69, 9.17) is 9.26 Å². The average Bonchev–Trinajstić information content (AvgIpc) is 3.19. The molecule has 1 aromatic heterocycles. The molecule has 6 heteroatoms. The van der Waals surface area contributed by atoms with Crippen molar-refractivity contribution < 1.29 is 14.1 Å². The van der Waals surface area contributed by atoms with Crippen LogP contribution in [0.1, 0.15) is 43.4 Å². The van der Waals surface area contributed by atoms with E-state index in [2.05, 4.69) is 60.5 Å². The van der Waals surface area contributed by atoms with Crippen molar-refractivity contribution in [2.45, 2.75) is 58.7 Å². The van der Waals surface area contributed by atoms with Gasteiger partial charge in [0.2, 0.25) is 5.82 Å². The third-order valence-corrected chi connectivity index (χ3v) is 5.74. The molecule has 31 heavy (non-hydrogen) atoms. The SMILES string of the molecule is Cc1cc(CNC2CC(OC=O)C2)ccc1-c1noc(-c2ccc(CC(C)C)cc2)n1. The number of rotatable bonds is 9. The normalized spacial score (nSPS) is 18.1. The fraction of sp³-hybridized carbons (Fsp3) is 0.400. The molecule has 0 radical (unpaired) electrons. The maximum absolute atomic E-state index is 10.4. The topological polar surface area (TPSA) is 77.2 Å². The van der Waals surface area contributed by atoms with Crippen LogP contribution in [0.25, 0.3) is 22.8 Å². The van der Waals surface area contributed by atoms with Crippen molar-refractivity contribution in [2.75, 3.05) is 0 Å². The number of nitrogens with zero attached hydrogens (tertiary/aromatic N) is 2. The van der Waals surface area contributed by atoms with Gasteiger partial charge in [0.15, 0.2) is 0 Å². The quantitative estimate of drug-likeness (QED) is 0.507. The number of ether oxygens (including phenoxy) is 1. The molecule has 3 aromatic rings. The van der Waals surface area contributed by atoms with E-state index in [9.17, 15) is 4.79 Å². The van der Waals surface area contributed by atoms with Gasteiger partial charge >= 0.3 is 0 Å². The van der Waals surface area contributed by atoms with Crippen LogP contribution in [0.3, 0.4) is 0 Å². The Morgan fingerprint density at radius 3 is 2.58 bits per heavy atom. The molecule has 1 aliphatic rings. The van der Waals surface area contributed by atoms with E-state index < -0.39 is 0 Å². The molecule has 0 saturated heterocycles. The summed E-state index contributed by atoms with van der Waals surface area (Å²) in [6.07, 6.45) is 2.88. The van der Waals surface area contributed by atoms with E-state index >= 15 is 0 Å². The maximum atomic E-state index is 10.4. The summed E-state index contributed by atoms with van der Waals surface area (Å²) in [5.41, 5.74) is 5.52. The second kappa shape index (κ2) is 9.43. The number of nitrogens with one attached hydrogen (secondary N) is 1. The first-order valence-electron chi connectivity index (χ1n) is 10.9. The predicted molar refractivity (Wildman–Crippen MR) is 119 cm³/mol. The van der Waals surface area contributed by atoms with Crippen molar-refractivity contribution in [1.29, 1.82) is 0 Å². The van der Waals surface area contributed by atoms with Gasteiger partial charge in [-0.2, -0.15) is 4.98 Å². The van der Waals surface area contributed by atoms with Gasteiger partial charge in [-0.3, -0.25) is 4.79 Å². The third kappa shape index (κ3) is 5.20. The molecule has 0 spiro atoms. The first-order chi connectivity index (χ1) is 15.0. The highest BCUT2D eigenvalue weighted by molar-refractivity contribution is 5.63. The number of hydrogen-bond acceptors (Lipinski definition) is 6. The summed E-state index contributed by atoms with van der Waals surface area (Å²) in [4.78, 5) is 15.0. The van der Waals surface area contributed by atoms with E-state index in [1.54, 1.807) is 0 Å². The Labute approximate surface area is 183 Å². The smallest absolute Gasteiger partial charge is 0.293 e. The molecule has 1 N–H and O–H groups in total. The predicted octanol–water partition coefficient (Wildman–Crippen LogP) is 4.70. The van der Waals surface area contributed by atoms with Gasteiger partial charge in [-0.1, -0.05) is 49.3 Å². The molecule has 2 aromatic carbocycles. The zero-order chi connectivity index (χ0) is 21.8. The summed E-state index contributed by atoms with van der Waals surface area (Å²) >= 11 is 0. The van der Waals surface area contributed by atoms with Gasteiger partial charge in [0.1, 0.15) is 6.10 Å². The molecule has 1 saturated carbocycles. The fourth-order valence-corrected chi connectivity index (χ4v) is 3.98. The van der Waals surface area contributed by atoms with Gasteiger partial charge in [-0.05, 0) is 60.9 Å². The molecule has 0 unspecified atom stereocenters. The van der Waals surface area contributed by atoms with Crippen LogP contribution in [-0.4, -0.2) is 28.8 Å². The monoisotopic (exact) mass is 419 g/mol. The third-order valence-electron chi connectivity index (χ3n) is 5.74. The minimum absolute atomic E-state index is 0.0676. The first kappa shape index (κ1) is 21.2. The van der Waals surface area contributed by atoms with E-state index in [0.29, 0.717) is 30.1 Å². The zero-order valence-electron chi connectivity index (χ0n) is 18.3. The molecule has 0 bridgehead atoms. The highest BCUT2D eigenvalue weighted by atomic mass is 16.5. The second-order valence-corrected chi connectivity index (χ2v) is 8.77. The molecule has 1 aliphatic carbocycles. The Kier molecular flexibility index (Phi) is 6.47. The molecular formula is C25H29N3O3. The number of aryl methyl sites for hydroxylation is 1. The molecule has 1 fully saturated rings. The summed E-state index contributed by atoms with van der Waals surface area (Å²) in [5.74, 6) is 1.77. The number of carbonyl (C=O) groups is 1. The lowest BCUT2D eigenvalue weighted by Crippen LogP contribution is -2.44. The van der Waals surface area contributed by atoms with Crippen molar-refractivity contribution in [2.24, 2.45) is 5.92 Å². The van der Waals surface area contributed by atoms with Crippen molar-refractivity contribution >= 4 is 6.47 Å². The molecule has 0 atom stereocenters. The van der Waals surface area contributed by atoms with Crippen LogP contribution >= 0.6 is 0 Å². The lowest BCUT2D eigenvalue weighted by atomic mass is 9.89. The number of carbonyl (C=O) groups excluding carboxylic acids is 1. The Hall–Kier alpha value is -2.99. The molecule has 0 amide bonds. The minimum Gasteiger partial charge on any atom is -0.464 e. The lowest BCUT2D eigenvalue weighted by molar-refractivity contribution is -0.138. The van der Waals surface area contributed by atoms with Crippen LogP contribution in [0.15, 0.2) is 47.0 Å². The number of benzene rings is 2. The molecule has 162 valence electrons. The molecule has 6 nitrogen and oxygen atoms in total. The number of aromatic nitrogens is 2. The average molecular weight is 420 g/mol. The van der Waals surface area contributed by atoms with Gasteiger partial charge in [0.25, 0.3) is 12.4 Å². The molecule has 4 rings (SSSR count). The van der Waals surface area contributed by atoms with Crippen LogP contribution < -0.4 is 5.32 Å². The minimum atomic E-state index is 0.0676. The maximum Gasteiger partial charge on any atom is 0.293 e. The first-order valence-corrected chi connectivity index (χ1v) is 10.9.